The van der Waals surface area contributed by atoms with Crippen LogP contribution in [0.25, 0.3) is 0 Å². The Kier molecular flexibility index (Phi) is 57.8. The lowest BCUT2D eigenvalue weighted by Gasteiger charge is -2.18. The molecule has 6 nitrogen and oxygen atoms in total. The molecule has 0 spiro atoms. The molecular formula is C67H114O6. The Morgan fingerprint density at radius 1 is 0.288 bits per heavy atom. The summed E-state index contributed by atoms with van der Waals surface area (Å²) in [5.41, 5.74) is 0. The average molecular weight is 1020 g/mol. The van der Waals surface area contributed by atoms with Crippen LogP contribution in [0, 0.1) is 0 Å². The zero-order chi connectivity index (χ0) is 52.9. The third-order valence-electron chi connectivity index (χ3n) is 13.1. The fraction of sp³-hybridized carbons (Fsp3) is 0.716. The molecule has 0 aromatic rings. The van der Waals surface area contributed by atoms with E-state index in [1.54, 1.807) is 0 Å². The predicted molar refractivity (Wildman–Crippen MR) is 316 cm³/mol. The van der Waals surface area contributed by atoms with E-state index in [-0.39, 0.29) is 31.1 Å². The highest BCUT2D eigenvalue weighted by Crippen LogP contribution is 2.16. The normalized spacial score (nSPS) is 12.8. The van der Waals surface area contributed by atoms with Crippen LogP contribution in [0.3, 0.4) is 0 Å². The number of carbonyl (C=O) groups is 3. The molecule has 0 aliphatic carbocycles. The van der Waals surface area contributed by atoms with Gasteiger partial charge in [-0.1, -0.05) is 266 Å². The van der Waals surface area contributed by atoms with Crippen molar-refractivity contribution in [3.63, 3.8) is 0 Å². The number of ether oxygens (including phenoxy) is 3. The highest BCUT2D eigenvalue weighted by molar-refractivity contribution is 5.71. The standard InChI is InChI=1S/C67H114O6/c1-4-7-10-13-16-19-22-25-28-31-33-36-39-42-45-48-51-54-57-60-66(69)72-63-64(62-71-65(68)59-56-53-50-47-44-41-38-35-30-27-24-21-18-15-12-9-6-3)73-67(70)61-58-55-52-49-46-43-40-37-34-32-29-26-23-20-17-14-11-8-5-2/h7,10,16,18-19,21,25,27-28,30,33,36,38,41-42,45,64H,4-6,8-9,11-15,17,20,22-24,26,29,31-32,34-35,37,39-40,43-44,46-63H2,1-3H3/b10-7-,19-16-,21-18-,28-25-,30-27-,36-33-,41-38-,45-42-/t64-/m0/s1. The van der Waals surface area contributed by atoms with E-state index < -0.39 is 6.10 Å². The fourth-order valence-electron chi connectivity index (χ4n) is 8.48. The summed E-state index contributed by atoms with van der Waals surface area (Å²) >= 11 is 0. The van der Waals surface area contributed by atoms with Crippen LogP contribution >= 0.6 is 0 Å². The van der Waals surface area contributed by atoms with E-state index in [4.69, 9.17) is 14.2 Å². The molecule has 73 heavy (non-hydrogen) atoms. The van der Waals surface area contributed by atoms with E-state index >= 15 is 0 Å². The summed E-state index contributed by atoms with van der Waals surface area (Å²) in [6, 6.07) is 0. The monoisotopic (exact) mass is 1010 g/mol. The Labute approximate surface area is 451 Å². The predicted octanol–water partition coefficient (Wildman–Crippen LogP) is 20.9. The van der Waals surface area contributed by atoms with Crippen molar-refractivity contribution in [2.75, 3.05) is 13.2 Å². The second-order valence-electron chi connectivity index (χ2n) is 20.2. The van der Waals surface area contributed by atoms with Gasteiger partial charge in [0.1, 0.15) is 13.2 Å². The minimum Gasteiger partial charge on any atom is -0.462 e. The molecule has 6 heteroatoms. The van der Waals surface area contributed by atoms with Gasteiger partial charge in [-0.15, -0.1) is 0 Å². The molecule has 0 unspecified atom stereocenters. The van der Waals surface area contributed by atoms with E-state index in [2.05, 4.69) is 118 Å². The van der Waals surface area contributed by atoms with Gasteiger partial charge in [0.25, 0.3) is 0 Å². The second-order valence-corrected chi connectivity index (χ2v) is 20.2. The van der Waals surface area contributed by atoms with Crippen molar-refractivity contribution in [2.45, 2.75) is 297 Å². The minimum absolute atomic E-state index is 0.0984. The van der Waals surface area contributed by atoms with Gasteiger partial charge in [0.2, 0.25) is 0 Å². The van der Waals surface area contributed by atoms with Gasteiger partial charge in [0.05, 0.1) is 0 Å². The first-order chi connectivity index (χ1) is 36.0. The van der Waals surface area contributed by atoms with Crippen LogP contribution in [0.4, 0.5) is 0 Å². The summed E-state index contributed by atoms with van der Waals surface area (Å²) < 4.78 is 16.9. The molecule has 1 atom stereocenters. The molecular weight excluding hydrogens is 901 g/mol. The molecule has 0 bridgehead atoms. The van der Waals surface area contributed by atoms with Crippen LogP contribution in [0.2, 0.25) is 0 Å². The van der Waals surface area contributed by atoms with Crippen molar-refractivity contribution in [3.05, 3.63) is 97.2 Å². The maximum absolute atomic E-state index is 12.9. The molecule has 0 radical (unpaired) electrons. The van der Waals surface area contributed by atoms with Crippen molar-refractivity contribution in [1.82, 2.24) is 0 Å². The highest BCUT2D eigenvalue weighted by atomic mass is 16.6. The molecule has 0 N–H and O–H groups in total. The van der Waals surface area contributed by atoms with Crippen molar-refractivity contribution < 1.29 is 28.6 Å². The Balaban J connectivity index is 4.47. The summed E-state index contributed by atoms with van der Waals surface area (Å²) in [6.07, 6.45) is 81.1. The van der Waals surface area contributed by atoms with Crippen LogP contribution in [-0.2, 0) is 28.6 Å². The number of allylic oxidation sites excluding steroid dienone is 16. The topological polar surface area (TPSA) is 78.9 Å². The van der Waals surface area contributed by atoms with E-state index in [1.807, 2.05) is 0 Å². The van der Waals surface area contributed by atoms with E-state index in [9.17, 15) is 14.4 Å². The molecule has 0 aliphatic rings. The fourth-order valence-corrected chi connectivity index (χ4v) is 8.48. The summed E-state index contributed by atoms with van der Waals surface area (Å²) in [6.45, 7) is 6.48. The smallest absolute Gasteiger partial charge is 0.306 e. The summed E-state index contributed by atoms with van der Waals surface area (Å²) in [5, 5.41) is 0. The van der Waals surface area contributed by atoms with Gasteiger partial charge < -0.3 is 14.2 Å². The molecule has 0 amide bonds. The van der Waals surface area contributed by atoms with Crippen LogP contribution in [0.1, 0.15) is 290 Å². The van der Waals surface area contributed by atoms with Gasteiger partial charge in [-0.2, -0.15) is 0 Å². The number of esters is 3. The number of unbranched alkanes of at least 4 members (excludes halogenated alkanes) is 28. The van der Waals surface area contributed by atoms with Gasteiger partial charge in [0, 0.05) is 19.3 Å². The molecule has 0 heterocycles. The van der Waals surface area contributed by atoms with Crippen LogP contribution in [0.15, 0.2) is 97.2 Å². The van der Waals surface area contributed by atoms with E-state index in [1.165, 1.54) is 128 Å². The molecule has 0 saturated carbocycles. The number of rotatable bonds is 55. The Bertz CT molecular complexity index is 1440. The first-order valence-electron chi connectivity index (χ1n) is 30.7. The van der Waals surface area contributed by atoms with Crippen molar-refractivity contribution in [3.8, 4) is 0 Å². The molecule has 418 valence electrons. The van der Waals surface area contributed by atoms with Crippen molar-refractivity contribution in [2.24, 2.45) is 0 Å². The lowest BCUT2D eigenvalue weighted by molar-refractivity contribution is -0.167. The Hall–Kier alpha value is -3.67. The lowest BCUT2D eigenvalue weighted by atomic mass is 10.0. The molecule has 0 fully saturated rings. The maximum Gasteiger partial charge on any atom is 0.306 e. The Morgan fingerprint density at radius 3 is 0.877 bits per heavy atom. The molecule has 0 saturated heterocycles. The van der Waals surface area contributed by atoms with Gasteiger partial charge in [-0.05, 0) is 103 Å². The average Bonchev–Trinajstić information content (AvgIpc) is 3.39. The van der Waals surface area contributed by atoms with E-state index in [0.717, 1.165) is 122 Å². The molecule has 0 aromatic carbocycles. The van der Waals surface area contributed by atoms with Crippen LogP contribution < -0.4 is 0 Å². The summed E-state index contributed by atoms with van der Waals surface area (Å²) in [7, 11) is 0. The van der Waals surface area contributed by atoms with Gasteiger partial charge in [0.15, 0.2) is 6.10 Å². The largest absolute Gasteiger partial charge is 0.462 e. The lowest BCUT2D eigenvalue weighted by Crippen LogP contribution is -2.30. The SMILES string of the molecule is CC/C=C\C/C=C\C/C=C\C/C=C\C/C=C\CCCCCC(=O)OC[C@H](COC(=O)CCCCCC/C=C\C/C=C\C/C=C\CCCCC)OC(=O)CCCCCCCCCCCCCCCCCCCCC. The highest BCUT2D eigenvalue weighted by Gasteiger charge is 2.19. The third-order valence-corrected chi connectivity index (χ3v) is 13.1. The van der Waals surface area contributed by atoms with E-state index in [0.29, 0.717) is 19.3 Å². The van der Waals surface area contributed by atoms with Gasteiger partial charge >= 0.3 is 17.9 Å². The molecule has 0 rings (SSSR count). The zero-order valence-corrected chi connectivity index (χ0v) is 47.9. The first kappa shape index (κ1) is 69.3. The van der Waals surface area contributed by atoms with Gasteiger partial charge in [-0.3, -0.25) is 14.4 Å². The number of hydrogen-bond acceptors (Lipinski definition) is 6. The van der Waals surface area contributed by atoms with Crippen LogP contribution in [-0.4, -0.2) is 37.2 Å². The maximum atomic E-state index is 12.9. The molecule has 0 aromatic heterocycles. The Morgan fingerprint density at radius 2 is 0.534 bits per heavy atom. The quantitative estimate of drug-likeness (QED) is 0.0261. The zero-order valence-electron chi connectivity index (χ0n) is 47.9. The summed E-state index contributed by atoms with van der Waals surface area (Å²) in [4.78, 5) is 38.3. The number of hydrogen-bond donors (Lipinski definition) is 0. The van der Waals surface area contributed by atoms with Crippen molar-refractivity contribution >= 4 is 17.9 Å². The van der Waals surface area contributed by atoms with Crippen molar-refractivity contribution in [1.29, 1.82) is 0 Å². The van der Waals surface area contributed by atoms with Gasteiger partial charge in [-0.25, -0.2) is 0 Å². The second kappa shape index (κ2) is 60.9. The molecule has 0 aliphatic heterocycles. The van der Waals surface area contributed by atoms with Crippen LogP contribution in [0.5, 0.6) is 0 Å². The minimum atomic E-state index is -0.801. The first-order valence-corrected chi connectivity index (χ1v) is 30.7. The third kappa shape index (κ3) is 59.1. The number of carbonyl (C=O) groups excluding carboxylic acids is 3. The summed E-state index contributed by atoms with van der Waals surface area (Å²) in [5.74, 6) is -0.941.